The van der Waals surface area contributed by atoms with Crippen LogP contribution in [0.4, 0.5) is 5.69 Å². The Hall–Kier alpha value is -1.70. The average Bonchev–Trinajstić information content (AvgIpc) is 2.21. The summed E-state index contributed by atoms with van der Waals surface area (Å²) in [7, 11) is 0. The van der Waals surface area contributed by atoms with Gasteiger partial charge in [-0.25, -0.2) is 0 Å². The minimum absolute atomic E-state index is 0.0136. The van der Waals surface area contributed by atoms with E-state index in [2.05, 4.69) is 26.1 Å². The number of benzene rings is 2. The Morgan fingerprint density at radius 1 is 0.938 bits per heavy atom. The molecule has 2 N–H and O–H groups in total. The second-order valence-corrected chi connectivity index (χ2v) is 5.05. The second kappa shape index (κ2) is 3.71. The molecule has 0 amide bonds. The summed E-state index contributed by atoms with van der Waals surface area (Å²) < 4.78 is 0. The lowest BCUT2D eigenvalue weighted by molar-refractivity contribution is 0.481. The van der Waals surface area contributed by atoms with Crippen molar-refractivity contribution in [3.8, 4) is 5.75 Å². The topological polar surface area (TPSA) is 32.3 Å². The van der Waals surface area contributed by atoms with E-state index >= 15 is 0 Å². The molecule has 0 fully saturated rings. The van der Waals surface area contributed by atoms with Gasteiger partial charge in [-0.1, -0.05) is 24.3 Å². The van der Waals surface area contributed by atoms with E-state index in [9.17, 15) is 5.11 Å². The van der Waals surface area contributed by atoms with E-state index in [0.717, 1.165) is 16.5 Å². The van der Waals surface area contributed by atoms with Gasteiger partial charge in [0, 0.05) is 22.0 Å². The quantitative estimate of drug-likeness (QED) is 0.710. The molecular weight excluding hydrogens is 198 g/mol. The highest BCUT2D eigenvalue weighted by atomic mass is 16.3. The van der Waals surface area contributed by atoms with E-state index in [4.69, 9.17) is 0 Å². The molecule has 0 aliphatic rings. The number of rotatable bonds is 1. The maximum absolute atomic E-state index is 9.77. The molecule has 2 heteroatoms. The van der Waals surface area contributed by atoms with Crippen molar-refractivity contribution in [3.63, 3.8) is 0 Å². The SMILES string of the molecule is CC(C)(C)Nc1ccc(O)c2ccccc12. The van der Waals surface area contributed by atoms with Crippen LogP contribution >= 0.6 is 0 Å². The summed E-state index contributed by atoms with van der Waals surface area (Å²) in [6.45, 7) is 6.36. The summed E-state index contributed by atoms with van der Waals surface area (Å²) in [6, 6.07) is 11.5. The van der Waals surface area contributed by atoms with E-state index in [1.807, 2.05) is 30.3 Å². The Morgan fingerprint density at radius 3 is 2.19 bits per heavy atom. The molecule has 0 aliphatic heterocycles. The molecule has 16 heavy (non-hydrogen) atoms. The van der Waals surface area contributed by atoms with E-state index in [0.29, 0.717) is 5.75 Å². The third-order valence-electron chi connectivity index (χ3n) is 2.41. The molecule has 2 nitrogen and oxygen atoms in total. The number of anilines is 1. The normalized spacial score (nSPS) is 11.7. The summed E-state index contributed by atoms with van der Waals surface area (Å²) in [6.07, 6.45) is 0. The Kier molecular flexibility index (Phi) is 2.50. The van der Waals surface area contributed by atoms with Crippen LogP contribution in [-0.4, -0.2) is 10.6 Å². The molecule has 0 unspecified atom stereocenters. The molecule has 0 radical (unpaired) electrons. The first-order valence-corrected chi connectivity index (χ1v) is 5.46. The van der Waals surface area contributed by atoms with Gasteiger partial charge in [-0.3, -0.25) is 0 Å². The Balaban J connectivity index is 2.59. The van der Waals surface area contributed by atoms with Crippen molar-refractivity contribution < 1.29 is 5.11 Å². The minimum atomic E-state index is 0.0136. The van der Waals surface area contributed by atoms with E-state index in [-0.39, 0.29) is 5.54 Å². The number of aromatic hydroxyl groups is 1. The average molecular weight is 215 g/mol. The van der Waals surface area contributed by atoms with Crippen molar-refractivity contribution in [1.29, 1.82) is 0 Å². The van der Waals surface area contributed by atoms with Crippen LogP contribution in [0.1, 0.15) is 20.8 Å². The van der Waals surface area contributed by atoms with E-state index < -0.39 is 0 Å². The summed E-state index contributed by atoms with van der Waals surface area (Å²) >= 11 is 0. The maximum atomic E-state index is 9.77. The Morgan fingerprint density at radius 2 is 1.56 bits per heavy atom. The molecule has 2 aromatic carbocycles. The lowest BCUT2D eigenvalue weighted by Gasteiger charge is -2.23. The van der Waals surface area contributed by atoms with Crippen molar-refractivity contribution in [2.75, 3.05) is 5.32 Å². The number of phenols is 1. The van der Waals surface area contributed by atoms with Gasteiger partial charge in [-0.2, -0.15) is 0 Å². The van der Waals surface area contributed by atoms with Crippen molar-refractivity contribution in [2.45, 2.75) is 26.3 Å². The number of hydrogen-bond acceptors (Lipinski definition) is 2. The van der Waals surface area contributed by atoms with Gasteiger partial charge >= 0.3 is 0 Å². The smallest absolute Gasteiger partial charge is 0.123 e. The summed E-state index contributed by atoms with van der Waals surface area (Å²) in [4.78, 5) is 0. The molecule has 2 rings (SSSR count). The van der Waals surface area contributed by atoms with Gasteiger partial charge in [0.05, 0.1) is 0 Å². The zero-order valence-electron chi connectivity index (χ0n) is 9.91. The number of phenolic OH excluding ortho intramolecular Hbond substituents is 1. The molecule has 0 heterocycles. The van der Waals surface area contributed by atoms with E-state index in [1.54, 1.807) is 6.07 Å². The number of hydrogen-bond donors (Lipinski definition) is 2. The third kappa shape index (κ3) is 2.11. The van der Waals surface area contributed by atoms with Gasteiger partial charge in [0.1, 0.15) is 5.75 Å². The van der Waals surface area contributed by atoms with Crippen LogP contribution in [0.5, 0.6) is 5.75 Å². The monoisotopic (exact) mass is 215 g/mol. The van der Waals surface area contributed by atoms with Crippen LogP contribution in [0.3, 0.4) is 0 Å². The molecular formula is C14H17NO. The van der Waals surface area contributed by atoms with Gasteiger partial charge in [0.15, 0.2) is 0 Å². The minimum Gasteiger partial charge on any atom is -0.507 e. The summed E-state index contributed by atoms with van der Waals surface area (Å²) in [5, 5.41) is 15.1. The molecule has 0 bridgehead atoms. The summed E-state index contributed by atoms with van der Waals surface area (Å²) in [5.41, 5.74) is 1.07. The first kappa shape index (κ1) is 10.8. The molecule has 84 valence electrons. The summed E-state index contributed by atoms with van der Waals surface area (Å²) in [5.74, 6) is 0.329. The number of nitrogens with one attached hydrogen (secondary N) is 1. The van der Waals surface area contributed by atoms with Crippen LogP contribution in [0.25, 0.3) is 10.8 Å². The Bertz CT molecular complexity index is 512. The highest BCUT2D eigenvalue weighted by Crippen LogP contribution is 2.31. The van der Waals surface area contributed by atoms with Crippen molar-refractivity contribution in [2.24, 2.45) is 0 Å². The molecule has 0 saturated heterocycles. The molecule has 0 atom stereocenters. The first-order chi connectivity index (χ1) is 7.47. The van der Waals surface area contributed by atoms with Gasteiger partial charge in [0.2, 0.25) is 0 Å². The zero-order chi connectivity index (χ0) is 11.8. The first-order valence-electron chi connectivity index (χ1n) is 5.46. The molecule has 0 spiro atoms. The highest BCUT2D eigenvalue weighted by molar-refractivity contribution is 5.97. The van der Waals surface area contributed by atoms with Gasteiger partial charge in [-0.15, -0.1) is 0 Å². The predicted octanol–water partition coefficient (Wildman–Crippen LogP) is 3.76. The zero-order valence-corrected chi connectivity index (χ0v) is 9.91. The number of fused-ring (bicyclic) bond motifs is 1. The van der Waals surface area contributed by atoms with Crippen LogP contribution in [-0.2, 0) is 0 Å². The standard InChI is InChI=1S/C14H17NO/c1-14(2,3)15-12-8-9-13(16)11-7-5-4-6-10(11)12/h4-9,15-16H,1-3H3. The largest absolute Gasteiger partial charge is 0.507 e. The maximum Gasteiger partial charge on any atom is 0.123 e. The van der Waals surface area contributed by atoms with E-state index in [1.165, 1.54) is 0 Å². The van der Waals surface area contributed by atoms with Gasteiger partial charge in [-0.05, 0) is 32.9 Å². The Labute approximate surface area is 95.9 Å². The van der Waals surface area contributed by atoms with Gasteiger partial charge in [0.25, 0.3) is 0 Å². The van der Waals surface area contributed by atoms with Crippen molar-refractivity contribution >= 4 is 16.5 Å². The lowest BCUT2D eigenvalue weighted by atomic mass is 10.0. The van der Waals surface area contributed by atoms with Crippen LogP contribution in [0.2, 0.25) is 0 Å². The van der Waals surface area contributed by atoms with Crippen molar-refractivity contribution in [1.82, 2.24) is 0 Å². The fraction of sp³-hybridized carbons (Fsp3) is 0.286. The third-order valence-corrected chi connectivity index (χ3v) is 2.41. The molecule has 0 aromatic heterocycles. The van der Waals surface area contributed by atoms with Gasteiger partial charge < -0.3 is 10.4 Å². The fourth-order valence-electron chi connectivity index (χ4n) is 1.80. The fourth-order valence-corrected chi connectivity index (χ4v) is 1.80. The predicted molar refractivity (Wildman–Crippen MR) is 69.0 cm³/mol. The molecule has 0 saturated carbocycles. The van der Waals surface area contributed by atoms with Crippen LogP contribution < -0.4 is 5.32 Å². The van der Waals surface area contributed by atoms with Crippen molar-refractivity contribution in [3.05, 3.63) is 36.4 Å². The molecule has 2 aromatic rings. The molecule has 0 aliphatic carbocycles. The van der Waals surface area contributed by atoms with Crippen LogP contribution in [0.15, 0.2) is 36.4 Å². The van der Waals surface area contributed by atoms with Crippen LogP contribution in [0, 0.1) is 0 Å². The second-order valence-electron chi connectivity index (χ2n) is 5.05. The highest BCUT2D eigenvalue weighted by Gasteiger charge is 2.12. The lowest BCUT2D eigenvalue weighted by Crippen LogP contribution is -2.26.